The van der Waals surface area contributed by atoms with Crippen molar-refractivity contribution in [2.45, 2.75) is 6.04 Å². The van der Waals surface area contributed by atoms with Gasteiger partial charge in [0.05, 0.1) is 7.11 Å². The molecule has 21 heavy (non-hydrogen) atoms. The Bertz CT molecular complexity index is 496. The van der Waals surface area contributed by atoms with Gasteiger partial charge in [-0.3, -0.25) is 15.1 Å². The molecule has 2 fully saturated rings. The molecule has 0 radical (unpaired) electrons. The zero-order valence-corrected chi connectivity index (χ0v) is 12.3. The van der Waals surface area contributed by atoms with Gasteiger partial charge in [-0.1, -0.05) is 6.07 Å². The van der Waals surface area contributed by atoms with Crippen molar-refractivity contribution < 1.29 is 9.53 Å². The summed E-state index contributed by atoms with van der Waals surface area (Å²) in [6.45, 7) is 6.12. The Kier molecular flexibility index (Phi) is 4.38. The van der Waals surface area contributed by atoms with Gasteiger partial charge in [0.2, 0.25) is 0 Å². The molecule has 0 atom stereocenters. The van der Waals surface area contributed by atoms with E-state index in [1.807, 2.05) is 17.1 Å². The fraction of sp³-hybridized carbons (Fsp3) is 0.533. The van der Waals surface area contributed by atoms with E-state index >= 15 is 0 Å². The van der Waals surface area contributed by atoms with Gasteiger partial charge in [0.15, 0.2) is 0 Å². The molecule has 1 amide bonds. The second kappa shape index (κ2) is 6.43. The number of nitrogens with zero attached hydrogens (tertiary/aromatic N) is 2. The second-order valence-electron chi connectivity index (χ2n) is 5.52. The summed E-state index contributed by atoms with van der Waals surface area (Å²) in [5.74, 6) is 0.623. The molecule has 0 spiro atoms. The van der Waals surface area contributed by atoms with E-state index in [4.69, 9.17) is 4.74 Å². The molecule has 0 aliphatic carbocycles. The highest BCUT2D eigenvalue weighted by Gasteiger charge is 2.33. The maximum absolute atomic E-state index is 12.2. The summed E-state index contributed by atoms with van der Waals surface area (Å²) in [5.41, 5.74) is 3.57. The third-order valence-electron chi connectivity index (χ3n) is 4.12. The molecule has 0 aromatic heterocycles. The van der Waals surface area contributed by atoms with E-state index < -0.39 is 0 Å². The molecule has 2 heterocycles. The quantitative estimate of drug-likeness (QED) is 0.813. The molecule has 2 aliphatic rings. The van der Waals surface area contributed by atoms with E-state index in [1.165, 1.54) is 0 Å². The number of hydrogen-bond acceptors (Lipinski definition) is 5. The SMILES string of the molecule is COc1cccc(C(=O)NN2CC(N3CCNCC3)C2)c1. The first kappa shape index (κ1) is 14.3. The second-order valence-corrected chi connectivity index (χ2v) is 5.52. The van der Waals surface area contributed by atoms with Gasteiger partial charge in [0.1, 0.15) is 5.75 Å². The molecule has 3 rings (SSSR count). The number of carbonyl (C=O) groups is 1. The Morgan fingerprint density at radius 3 is 2.81 bits per heavy atom. The van der Waals surface area contributed by atoms with Crippen LogP contribution in [0.3, 0.4) is 0 Å². The van der Waals surface area contributed by atoms with E-state index in [0.29, 0.717) is 17.4 Å². The lowest BCUT2D eigenvalue weighted by atomic mass is 10.1. The van der Waals surface area contributed by atoms with Crippen LogP contribution in [0.15, 0.2) is 24.3 Å². The van der Waals surface area contributed by atoms with Crippen LogP contribution >= 0.6 is 0 Å². The van der Waals surface area contributed by atoms with Crippen LogP contribution < -0.4 is 15.5 Å². The fourth-order valence-electron chi connectivity index (χ4n) is 2.80. The maximum Gasteiger partial charge on any atom is 0.265 e. The monoisotopic (exact) mass is 290 g/mol. The van der Waals surface area contributed by atoms with Gasteiger partial charge < -0.3 is 10.1 Å². The van der Waals surface area contributed by atoms with Crippen molar-refractivity contribution in [3.63, 3.8) is 0 Å². The number of piperazine rings is 1. The van der Waals surface area contributed by atoms with Crippen LogP contribution in [0.2, 0.25) is 0 Å². The van der Waals surface area contributed by atoms with Crippen molar-refractivity contribution in [3.05, 3.63) is 29.8 Å². The smallest absolute Gasteiger partial charge is 0.265 e. The summed E-state index contributed by atoms with van der Waals surface area (Å²) >= 11 is 0. The van der Waals surface area contributed by atoms with E-state index in [2.05, 4.69) is 15.6 Å². The number of nitrogens with one attached hydrogen (secondary N) is 2. The lowest BCUT2D eigenvalue weighted by Gasteiger charge is -2.46. The summed E-state index contributed by atoms with van der Waals surface area (Å²) in [6.07, 6.45) is 0. The Balaban J connectivity index is 1.48. The van der Waals surface area contributed by atoms with Gasteiger partial charge in [0, 0.05) is 50.9 Å². The summed E-state index contributed by atoms with van der Waals surface area (Å²) < 4.78 is 5.14. The largest absolute Gasteiger partial charge is 0.497 e. The number of methoxy groups -OCH3 is 1. The van der Waals surface area contributed by atoms with Crippen LogP contribution in [0.5, 0.6) is 5.75 Å². The highest BCUT2D eigenvalue weighted by Crippen LogP contribution is 2.15. The van der Waals surface area contributed by atoms with Crippen LogP contribution in [0.4, 0.5) is 0 Å². The van der Waals surface area contributed by atoms with Crippen molar-refractivity contribution in [2.24, 2.45) is 0 Å². The highest BCUT2D eigenvalue weighted by atomic mass is 16.5. The number of benzene rings is 1. The summed E-state index contributed by atoms with van der Waals surface area (Å²) in [7, 11) is 1.60. The summed E-state index contributed by atoms with van der Waals surface area (Å²) in [5, 5.41) is 5.34. The standard InChI is InChI=1S/C15H22N4O2/c1-21-14-4-2-3-12(9-14)15(20)17-19-10-13(11-19)18-7-5-16-6-8-18/h2-4,9,13,16H,5-8,10-11H2,1H3,(H,17,20). The predicted octanol–water partition coefficient (Wildman–Crippen LogP) is -0.0706. The molecule has 0 bridgehead atoms. The minimum absolute atomic E-state index is 0.0762. The Hall–Kier alpha value is -1.63. The van der Waals surface area contributed by atoms with E-state index in [0.717, 1.165) is 39.3 Å². The number of hydrogen-bond donors (Lipinski definition) is 2. The van der Waals surface area contributed by atoms with Crippen LogP contribution in [0, 0.1) is 0 Å². The normalized spacial score (nSPS) is 20.8. The maximum atomic E-state index is 12.2. The van der Waals surface area contributed by atoms with E-state index in [-0.39, 0.29) is 5.91 Å². The topological polar surface area (TPSA) is 56.8 Å². The van der Waals surface area contributed by atoms with Gasteiger partial charge in [-0.15, -0.1) is 0 Å². The first-order valence-corrected chi connectivity index (χ1v) is 7.41. The third-order valence-corrected chi connectivity index (χ3v) is 4.12. The first-order chi connectivity index (χ1) is 10.3. The Morgan fingerprint density at radius 2 is 2.10 bits per heavy atom. The molecular weight excluding hydrogens is 268 g/mol. The molecule has 2 saturated heterocycles. The van der Waals surface area contributed by atoms with Crippen molar-refractivity contribution >= 4 is 5.91 Å². The van der Waals surface area contributed by atoms with Gasteiger partial charge in [0.25, 0.3) is 5.91 Å². The number of amides is 1. The Labute approximate surface area is 125 Å². The number of carbonyl (C=O) groups excluding carboxylic acids is 1. The van der Waals surface area contributed by atoms with Crippen molar-refractivity contribution in [1.82, 2.24) is 20.7 Å². The average Bonchev–Trinajstić information content (AvgIpc) is 2.51. The molecule has 1 aromatic rings. The molecule has 2 N–H and O–H groups in total. The lowest BCUT2D eigenvalue weighted by molar-refractivity contribution is -0.00355. The zero-order valence-electron chi connectivity index (χ0n) is 12.3. The van der Waals surface area contributed by atoms with Gasteiger partial charge in [-0.05, 0) is 18.2 Å². The third kappa shape index (κ3) is 3.34. The van der Waals surface area contributed by atoms with Crippen LogP contribution in [0.25, 0.3) is 0 Å². The molecule has 0 unspecified atom stereocenters. The lowest BCUT2D eigenvalue weighted by Crippen LogP contribution is -2.66. The summed E-state index contributed by atoms with van der Waals surface area (Å²) in [6, 6.07) is 7.78. The number of ether oxygens (including phenoxy) is 1. The average molecular weight is 290 g/mol. The van der Waals surface area contributed by atoms with Crippen LogP contribution in [-0.4, -0.2) is 68.2 Å². The van der Waals surface area contributed by atoms with Crippen molar-refractivity contribution in [3.8, 4) is 5.75 Å². The predicted molar refractivity (Wildman–Crippen MR) is 80.3 cm³/mol. The van der Waals surface area contributed by atoms with Crippen molar-refractivity contribution in [2.75, 3.05) is 46.4 Å². The van der Waals surface area contributed by atoms with Crippen LogP contribution in [0.1, 0.15) is 10.4 Å². The number of rotatable bonds is 4. The van der Waals surface area contributed by atoms with E-state index in [1.54, 1.807) is 19.2 Å². The van der Waals surface area contributed by atoms with E-state index in [9.17, 15) is 4.79 Å². The molecule has 114 valence electrons. The fourth-order valence-corrected chi connectivity index (χ4v) is 2.80. The first-order valence-electron chi connectivity index (χ1n) is 7.41. The molecule has 0 saturated carbocycles. The van der Waals surface area contributed by atoms with Gasteiger partial charge in [-0.2, -0.15) is 0 Å². The molecule has 2 aliphatic heterocycles. The van der Waals surface area contributed by atoms with Gasteiger partial charge in [-0.25, -0.2) is 5.01 Å². The summed E-state index contributed by atoms with van der Waals surface area (Å²) in [4.78, 5) is 14.7. The minimum Gasteiger partial charge on any atom is -0.497 e. The minimum atomic E-state index is -0.0762. The molecular formula is C15H22N4O2. The highest BCUT2D eigenvalue weighted by molar-refractivity contribution is 5.94. The van der Waals surface area contributed by atoms with Crippen LogP contribution in [-0.2, 0) is 0 Å². The Morgan fingerprint density at radius 1 is 1.33 bits per heavy atom. The molecule has 6 heteroatoms. The van der Waals surface area contributed by atoms with Gasteiger partial charge >= 0.3 is 0 Å². The van der Waals surface area contributed by atoms with Crippen molar-refractivity contribution in [1.29, 1.82) is 0 Å². The zero-order chi connectivity index (χ0) is 14.7. The molecule has 6 nitrogen and oxygen atoms in total. The number of hydrazine groups is 1. The molecule has 1 aromatic carbocycles.